The Morgan fingerprint density at radius 2 is 1.50 bits per heavy atom. The number of hydrogen-bond donors (Lipinski definition) is 3. The van der Waals surface area contributed by atoms with Crippen LogP contribution in [0.1, 0.15) is 40.1 Å². The van der Waals surface area contributed by atoms with Gasteiger partial charge in [0.05, 0.1) is 13.1 Å². The fraction of sp³-hybridized carbons (Fsp3) is 0.290. The van der Waals surface area contributed by atoms with Gasteiger partial charge in [-0.05, 0) is 59.3 Å². The molecule has 0 fully saturated rings. The Hall–Kier alpha value is -4.22. The highest BCUT2D eigenvalue weighted by Crippen LogP contribution is 2.19. The van der Waals surface area contributed by atoms with E-state index >= 15 is 0 Å². The van der Waals surface area contributed by atoms with Crippen molar-refractivity contribution in [3.8, 4) is 0 Å². The van der Waals surface area contributed by atoms with Crippen LogP contribution in [0.15, 0.2) is 89.9 Å². The number of carbonyl (C=O) groups excluding carboxylic acids is 2. The number of urea groups is 1. The maximum Gasteiger partial charge on any atom is 0.407 e. The van der Waals surface area contributed by atoms with Crippen molar-refractivity contribution in [2.45, 2.75) is 51.5 Å². The first-order chi connectivity index (χ1) is 20.5. The van der Waals surface area contributed by atoms with E-state index in [9.17, 15) is 19.5 Å². The number of benzene rings is 1. The molecule has 11 heteroatoms. The van der Waals surface area contributed by atoms with Crippen LogP contribution >= 0.6 is 22.7 Å². The number of amides is 4. The van der Waals surface area contributed by atoms with Gasteiger partial charge in [0.25, 0.3) is 0 Å². The lowest BCUT2D eigenvalue weighted by molar-refractivity contribution is -0.134. The molecule has 1 atom stereocenters. The van der Waals surface area contributed by atoms with Gasteiger partial charge in [-0.25, -0.2) is 9.59 Å². The van der Waals surface area contributed by atoms with E-state index in [0.29, 0.717) is 45.4 Å². The molecule has 3 heterocycles. The molecule has 220 valence electrons. The third-order valence-corrected chi connectivity index (χ3v) is 8.32. The van der Waals surface area contributed by atoms with Gasteiger partial charge >= 0.3 is 12.1 Å². The van der Waals surface area contributed by atoms with Gasteiger partial charge in [0.2, 0.25) is 5.91 Å². The first-order valence-corrected chi connectivity index (χ1v) is 15.5. The standard InChI is InChI=1S/C31H35N5O4S2/c37-29(36(22-26-12-7-17-41-26)23-27-13-8-18-42-27)28(34-30(38)33-20-25-11-6-15-32-19-25)14-4-5-16-35(31(39)40)21-24-9-2-1-3-10-24/h1-3,6-13,15,17-19,28H,4-5,14,16,20-23H2,(H,39,40)(H2,33,34,38). The maximum absolute atomic E-state index is 14.0. The van der Waals surface area contributed by atoms with Crippen LogP contribution in [0.4, 0.5) is 9.59 Å². The van der Waals surface area contributed by atoms with Gasteiger partial charge in [-0.3, -0.25) is 9.78 Å². The molecule has 0 aliphatic carbocycles. The van der Waals surface area contributed by atoms with Crippen LogP contribution in [-0.2, 0) is 31.0 Å². The van der Waals surface area contributed by atoms with Crippen LogP contribution in [0.2, 0.25) is 0 Å². The third kappa shape index (κ3) is 10.0. The normalized spacial score (nSPS) is 11.4. The summed E-state index contributed by atoms with van der Waals surface area (Å²) in [6.45, 7) is 1.78. The van der Waals surface area contributed by atoms with Crippen LogP contribution in [0, 0.1) is 0 Å². The summed E-state index contributed by atoms with van der Waals surface area (Å²) >= 11 is 3.17. The minimum atomic E-state index is -0.988. The zero-order chi connectivity index (χ0) is 29.6. The molecule has 0 radical (unpaired) electrons. The minimum Gasteiger partial charge on any atom is -0.465 e. The Morgan fingerprint density at radius 1 is 0.810 bits per heavy atom. The molecular formula is C31H35N5O4S2. The van der Waals surface area contributed by atoms with E-state index in [4.69, 9.17) is 0 Å². The molecule has 3 aromatic heterocycles. The summed E-state index contributed by atoms with van der Waals surface area (Å²) in [5, 5.41) is 19.4. The molecule has 3 N–H and O–H groups in total. The smallest absolute Gasteiger partial charge is 0.407 e. The van der Waals surface area contributed by atoms with E-state index in [2.05, 4.69) is 15.6 Å². The highest BCUT2D eigenvalue weighted by Gasteiger charge is 2.27. The van der Waals surface area contributed by atoms with Crippen molar-refractivity contribution in [1.29, 1.82) is 0 Å². The van der Waals surface area contributed by atoms with Crippen molar-refractivity contribution >= 4 is 40.7 Å². The predicted octanol–water partition coefficient (Wildman–Crippen LogP) is 5.95. The summed E-state index contributed by atoms with van der Waals surface area (Å²) in [7, 11) is 0. The van der Waals surface area contributed by atoms with Gasteiger partial charge in [-0.2, -0.15) is 0 Å². The van der Waals surface area contributed by atoms with Crippen molar-refractivity contribution in [1.82, 2.24) is 25.4 Å². The molecule has 0 aliphatic rings. The lowest BCUT2D eigenvalue weighted by atomic mass is 10.1. The Morgan fingerprint density at radius 3 is 2.10 bits per heavy atom. The molecule has 4 rings (SSSR count). The molecule has 0 aliphatic heterocycles. The summed E-state index contributed by atoms with van der Waals surface area (Å²) < 4.78 is 0. The van der Waals surface area contributed by atoms with E-state index in [0.717, 1.165) is 20.9 Å². The SMILES string of the molecule is O=C(NCc1cccnc1)NC(CCCCN(Cc1ccccc1)C(=O)O)C(=O)N(Cc1cccs1)Cc1cccs1. The number of pyridine rings is 1. The number of hydrogen-bond acceptors (Lipinski definition) is 6. The summed E-state index contributed by atoms with van der Waals surface area (Å²) in [5.74, 6) is -0.173. The van der Waals surface area contributed by atoms with E-state index in [1.54, 1.807) is 46.0 Å². The molecule has 4 aromatic rings. The van der Waals surface area contributed by atoms with Crippen LogP contribution < -0.4 is 10.6 Å². The Labute approximate surface area is 253 Å². The first kappa shape index (κ1) is 30.7. The fourth-order valence-electron chi connectivity index (χ4n) is 4.46. The summed E-state index contributed by atoms with van der Waals surface area (Å²) in [6.07, 6.45) is 3.85. The van der Waals surface area contributed by atoms with E-state index < -0.39 is 18.2 Å². The third-order valence-electron chi connectivity index (χ3n) is 6.60. The fourth-order valence-corrected chi connectivity index (χ4v) is 5.90. The first-order valence-electron chi connectivity index (χ1n) is 13.8. The highest BCUT2D eigenvalue weighted by atomic mass is 32.1. The van der Waals surface area contributed by atoms with E-state index in [1.807, 2.05) is 71.4 Å². The molecule has 0 bridgehead atoms. The van der Waals surface area contributed by atoms with Gasteiger partial charge in [0.1, 0.15) is 6.04 Å². The van der Waals surface area contributed by atoms with Crippen LogP contribution in [0.5, 0.6) is 0 Å². The minimum absolute atomic E-state index is 0.173. The summed E-state index contributed by atoms with van der Waals surface area (Å²) in [5.41, 5.74) is 1.76. The molecule has 42 heavy (non-hydrogen) atoms. The number of rotatable bonds is 15. The molecular weight excluding hydrogens is 571 g/mol. The topological polar surface area (TPSA) is 115 Å². The second kappa shape index (κ2) is 16.3. The number of nitrogens with zero attached hydrogens (tertiary/aromatic N) is 3. The number of nitrogens with one attached hydrogen (secondary N) is 2. The number of carboxylic acid groups (broad SMARTS) is 1. The van der Waals surface area contributed by atoms with Crippen LogP contribution in [0.3, 0.4) is 0 Å². The van der Waals surface area contributed by atoms with Gasteiger partial charge in [0, 0.05) is 41.8 Å². The molecule has 9 nitrogen and oxygen atoms in total. The van der Waals surface area contributed by atoms with E-state index in [1.165, 1.54) is 4.90 Å². The number of carbonyl (C=O) groups is 3. The number of thiophene rings is 2. The lowest BCUT2D eigenvalue weighted by Gasteiger charge is -2.28. The van der Waals surface area contributed by atoms with Crippen LogP contribution in [0.25, 0.3) is 0 Å². The van der Waals surface area contributed by atoms with Gasteiger partial charge in [-0.15, -0.1) is 22.7 Å². The van der Waals surface area contributed by atoms with Crippen molar-refractivity contribution in [2.24, 2.45) is 0 Å². The molecule has 0 saturated heterocycles. The highest BCUT2D eigenvalue weighted by molar-refractivity contribution is 7.10. The molecule has 1 aromatic carbocycles. The Bertz CT molecular complexity index is 1330. The number of aromatic nitrogens is 1. The zero-order valence-corrected chi connectivity index (χ0v) is 24.9. The molecule has 0 saturated carbocycles. The number of unbranched alkanes of at least 4 members (excludes halogenated alkanes) is 1. The predicted molar refractivity (Wildman–Crippen MR) is 165 cm³/mol. The largest absolute Gasteiger partial charge is 0.465 e. The molecule has 1 unspecified atom stereocenters. The van der Waals surface area contributed by atoms with Gasteiger partial charge in [-0.1, -0.05) is 48.5 Å². The van der Waals surface area contributed by atoms with Crippen molar-refractivity contribution in [3.63, 3.8) is 0 Å². The second-order valence-corrected chi connectivity index (χ2v) is 11.8. The quantitative estimate of drug-likeness (QED) is 0.145. The average Bonchev–Trinajstić information content (AvgIpc) is 3.72. The zero-order valence-electron chi connectivity index (χ0n) is 23.2. The lowest BCUT2D eigenvalue weighted by Crippen LogP contribution is -2.50. The van der Waals surface area contributed by atoms with Gasteiger partial charge < -0.3 is 25.5 Å². The van der Waals surface area contributed by atoms with Gasteiger partial charge in [0.15, 0.2) is 0 Å². The Balaban J connectivity index is 1.41. The van der Waals surface area contributed by atoms with Crippen molar-refractivity contribution < 1.29 is 19.5 Å². The van der Waals surface area contributed by atoms with E-state index in [-0.39, 0.29) is 12.5 Å². The maximum atomic E-state index is 14.0. The van der Waals surface area contributed by atoms with Crippen molar-refractivity contribution in [3.05, 3.63) is 111 Å². The average molecular weight is 606 g/mol. The monoisotopic (exact) mass is 605 g/mol. The van der Waals surface area contributed by atoms with Crippen LogP contribution in [-0.4, -0.2) is 50.5 Å². The molecule has 4 amide bonds. The Kier molecular flexibility index (Phi) is 11.9. The van der Waals surface area contributed by atoms with Crippen molar-refractivity contribution in [2.75, 3.05) is 6.54 Å². The molecule has 0 spiro atoms. The summed E-state index contributed by atoms with van der Waals surface area (Å²) in [4.78, 5) is 48.1. The summed E-state index contributed by atoms with van der Waals surface area (Å²) in [6, 6.07) is 19.8. The second-order valence-electron chi connectivity index (χ2n) is 9.78.